The molecule has 3 rings (SSSR count). The SMILES string of the molecule is CCn1c(C)ccc(C(=O)N[C@@H]2CN(C)S(=O)(=O)c3ccsc32)c1=O. The lowest BCUT2D eigenvalue weighted by Crippen LogP contribution is -2.44. The van der Waals surface area contributed by atoms with Crippen LogP contribution < -0.4 is 10.9 Å². The van der Waals surface area contributed by atoms with E-state index in [-0.39, 0.29) is 22.6 Å². The third-order valence-electron chi connectivity index (χ3n) is 4.36. The van der Waals surface area contributed by atoms with Crippen molar-refractivity contribution in [2.45, 2.75) is 31.3 Å². The van der Waals surface area contributed by atoms with Crippen LogP contribution in [0.15, 0.2) is 33.3 Å². The molecule has 1 aliphatic heterocycles. The third kappa shape index (κ3) is 2.92. The van der Waals surface area contributed by atoms with Gasteiger partial charge in [0.05, 0.1) is 10.9 Å². The molecule has 1 atom stereocenters. The van der Waals surface area contributed by atoms with Crippen LogP contribution in [0.25, 0.3) is 0 Å². The molecule has 0 aromatic carbocycles. The smallest absolute Gasteiger partial charge is 0.263 e. The summed E-state index contributed by atoms with van der Waals surface area (Å²) in [6, 6.07) is 4.30. The number of aromatic nitrogens is 1. The second-order valence-electron chi connectivity index (χ2n) is 5.90. The highest BCUT2D eigenvalue weighted by atomic mass is 32.2. The Labute approximate surface area is 150 Å². The summed E-state index contributed by atoms with van der Waals surface area (Å²) >= 11 is 1.29. The van der Waals surface area contributed by atoms with E-state index in [0.29, 0.717) is 11.4 Å². The molecule has 2 aromatic rings. The highest BCUT2D eigenvalue weighted by Crippen LogP contribution is 2.35. The van der Waals surface area contributed by atoms with Crippen molar-refractivity contribution >= 4 is 27.3 Å². The fourth-order valence-corrected chi connectivity index (χ4v) is 5.66. The van der Waals surface area contributed by atoms with Gasteiger partial charge in [0.15, 0.2) is 0 Å². The van der Waals surface area contributed by atoms with Gasteiger partial charge in [0, 0.05) is 30.7 Å². The second-order valence-corrected chi connectivity index (χ2v) is 8.86. The molecule has 0 saturated heterocycles. The van der Waals surface area contributed by atoms with Gasteiger partial charge in [-0.1, -0.05) is 0 Å². The second kappa shape index (κ2) is 6.40. The van der Waals surface area contributed by atoms with Crippen LogP contribution in [0.1, 0.15) is 33.9 Å². The van der Waals surface area contributed by atoms with Gasteiger partial charge < -0.3 is 9.88 Å². The molecule has 0 saturated carbocycles. The summed E-state index contributed by atoms with van der Waals surface area (Å²) in [6.07, 6.45) is 0. The molecule has 1 aliphatic rings. The zero-order chi connectivity index (χ0) is 18.4. The number of rotatable bonds is 3. The maximum Gasteiger partial charge on any atom is 0.263 e. The molecule has 9 heteroatoms. The van der Waals surface area contributed by atoms with Gasteiger partial charge in [0.1, 0.15) is 5.56 Å². The van der Waals surface area contributed by atoms with Gasteiger partial charge in [-0.3, -0.25) is 9.59 Å². The van der Waals surface area contributed by atoms with Crippen molar-refractivity contribution in [3.05, 3.63) is 50.1 Å². The molecular formula is C16H19N3O4S2. The minimum Gasteiger partial charge on any atom is -0.343 e. The first kappa shape index (κ1) is 17.8. The van der Waals surface area contributed by atoms with Crippen molar-refractivity contribution in [3.63, 3.8) is 0 Å². The highest BCUT2D eigenvalue weighted by Gasteiger charge is 2.36. The van der Waals surface area contributed by atoms with E-state index in [1.54, 1.807) is 17.5 Å². The number of hydrogen-bond donors (Lipinski definition) is 1. The van der Waals surface area contributed by atoms with Crippen LogP contribution in [0.5, 0.6) is 0 Å². The molecule has 0 aliphatic carbocycles. The van der Waals surface area contributed by atoms with Gasteiger partial charge >= 0.3 is 0 Å². The molecular weight excluding hydrogens is 362 g/mol. The number of nitrogens with zero attached hydrogens (tertiary/aromatic N) is 2. The lowest BCUT2D eigenvalue weighted by Gasteiger charge is -2.29. The molecule has 134 valence electrons. The molecule has 1 N–H and O–H groups in total. The number of carbonyl (C=O) groups excluding carboxylic acids is 1. The Kier molecular flexibility index (Phi) is 4.56. The molecule has 0 spiro atoms. The van der Waals surface area contributed by atoms with Crippen molar-refractivity contribution in [1.82, 2.24) is 14.2 Å². The Hall–Kier alpha value is -1.97. The lowest BCUT2D eigenvalue weighted by atomic mass is 10.2. The maximum absolute atomic E-state index is 12.6. The van der Waals surface area contributed by atoms with E-state index in [4.69, 9.17) is 0 Å². The molecule has 2 aromatic heterocycles. The first-order valence-electron chi connectivity index (χ1n) is 7.82. The number of carbonyl (C=O) groups is 1. The van der Waals surface area contributed by atoms with Crippen molar-refractivity contribution in [2.75, 3.05) is 13.6 Å². The monoisotopic (exact) mass is 381 g/mol. The summed E-state index contributed by atoms with van der Waals surface area (Å²) in [4.78, 5) is 25.9. The van der Waals surface area contributed by atoms with Crippen LogP contribution in [0.4, 0.5) is 0 Å². The van der Waals surface area contributed by atoms with Crippen LogP contribution in [0.2, 0.25) is 0 Å². The largest absolute Gasteiger partial charge is 0.343 e. The molecule has 0 fully saturated rings. The van der Waals surface area contributed by atoms with E-state index in [9.17, 15) is 18.0 Å². The van der Waals surface area contributed by atoms with Gasteiger partial charge in [0.25, 0.3) is 11.5 Å². The van der Waals surface area contributed by atoms with Gasteiger partial charge in [-0.05, 0) is 37.4 Å². The van der Waals surface area contributed by atoms with E-state index < -0.39 is 22.0 Å². The summed E-state index contributed by atoms with van der Waals surface area (Å²) in [5.74, 6) is -0.496. The standard InChI is InChI=1S/C16H19N3O4S2/c1-4-19-10(2)5-6-11(16(19)21)15(20)17-12-9-18(3)25(22,23)13-7-8-24-14(12)13/h5-8,12H,4,9H2,1-3H3,(H,17,20)/t12-/m1/s1. The number of thiophene rings is 1. The summed E-state index contributed by atoms with van der Waals surface area (Å²) in [6.45, 7) is 4.26. The van der Waals surface area contributed by atoms with Crippen LogP contribution in [0.3, 0.4) is 0 Å². The molecule has 7 nitrogen and oxygen atoms in total. The fraction of sp³-hybridized carbons (Fsp3) is 0.375. The Morgan fingerprint density at radius 3 is 2.76 bits per heavy atom. The normalized spacial score (nSPS) is 19.4. The molecule has 0 bridgehead atoms. The van der Waals surface area contributed by atoms with Gasteiger partial charge in [-0.2, -0.15) is 4.31 Å². The Morgan fingerprint density at radius 2 is 2.08 bits per heavy atom. The van der Waals surface area contributed by atoms with Crippen LogP contribution in [-0.4, -0.2) is 36.8 Å². The predicted molar refractivity (Wildman–Crippen MR) is 95.5 cm³/mol. The van der Waals surface area contributed by atoms with E-state index >= 15 is 0 Å². The predicted octanol–water partition coefficient (Wildman–Crippen LogP) is 1.34. The molecule has 1 amide bonds. The number of likely N-dealkylation sites (N-methyl/N-ethyl adjacent to an activating group) is 1. The average Bonchev–Trinajstić information content (AvgIpc) is 3.04. The van der Waals surface area contributed by atoms with Gasteiger partial charge in [-0.15, -0.1) is 11.3 Å². The van der Waals surface area contributed by atoms with Gasteiger partial charge in [-0.25, -0.2) is 8.42 Å². The minimum absolute atomic E-state index is 0.0571. The molecule has 3 heterocycles. The first-order chi connectivity index (χ1) is 11.8. The summed E-state index contributed by atoms with van der Waals surface area (Å²) in [7, 11) is -2.03. The summed E-state index contributed by atoms with van der Waals surface area (Å²) in [5, 5.41) is 4.50. The van der Waals surface area contributed by atoms with Gasteiger partial charge in [0.2, 0.25) is 10.0 Å². The maximum atomic E-state index is 12.6. The number of fused-ring (bicyclic) bond motifs is 1. The van der Waals surface area contributed by atoms with E-state index in [0.717, 1.165) is 5.69 Å². The van der Waals surface area contributed by atoms with Crippen molar-refractivity contribution in [3.8, 4) is 0 Å². The van der Waals surface area contributed by atoms with E-state index in [1.165, 1.54) is 33.3 Å². The Balaban J connectivity index is 1.94. The molecule has 0 unspecified atom stereocenters. The van der Waals surface area contributed by atoms with Crippen LogP contribution in [0, 0.1) is 6.92 Å². The van der Waals surface area contributed by atoms with Crippen molar-refractivity contribution in [2.24, 2.45) is 0 Å². The van der Waals surface area contributed by atoms with Crippen LogP contribution in [-0.2, 0) is 16.6 Å². The van der Waals surface area contributed by atoms with Crippen molar-refractivity contribution < 1.29 is 13.2 Å². The highest BCUT2D eigenvalue weighted by molar-refractivity contribution is 7.89. The van der Waals surface area contributed by atoms with Crippen molar-refractivity contribution in [1.29, 1.82) is 0 Å². The minimum atomic E-state index is -3.51. The third-order valence-corrected chi connectivity index (χ3v) is 7.40. The Bertz CT molecular complexity index is 991. The average molecular weight is 381 g/mol. The number of amides is 1. The zero-order valence-corrected chi connectivity index (χ0v) is 15.8. The number of nitrogens with one attached hydrogen (secondary N) is 1. The first-order valence-corrected chi connectivity index (χ1v) is 10.1. The Morgan fingerprint density at radius 1 is 1.36 bits per heavy atom. The number of aryl methyl sites for hydroxylation is 1. The summed E-state index contributed by atoms with van der Waals surface area (Å²) < 4.78 is 27.4. The summed E-state index contributed by atoms with van der Waals surface area (Å²) in [5.41, 5.74) is 0.498. The fourth-order valence-electron chi connectivity index (χ4n) is 2.97. The number of sulfonamides is 1. The molecule has 0 radical (unpaired) electrons. The lowest BCUT2D eigenvalue weighted by molar-refractivity contribution is 0.0929. The number of hydrogen-bond acceptors (Lipinski definition) is 5. The quantitative estimate of drug-likeness (QED) is 0.869. The number of pyridine rings is 1. The zero-order valence-electron chi connectivity index (χ0n) is 14.1. The molecule has 25 heavy (non-hydrogen) atoms. The topological polar surface area (TPSA) is 88.5 Å². The van der Waals surface area contributed by atoms with E-state index in [2.05, 4.69) is 5.32 Å². The van der Waals surface area contributed by atoms with E-state index in [1.807, 2.05) is 13.8 Å². The van der Waals surface area contributed by atoms with Crippen LogP contribution >= 0.6 is 11.3 Å².